The standard InChI is InChI=1S/C26H26N4O3S/c1-15(2)13-20(30-25(32)17-7-3-4-8-18(17)26(30)33)23(31)29-22-12-11-16(14-27-22)24-28-19-9-5-6-10-21(19)34-24/h3-6,9-12,14-15,17-18,20H,7-8,13H2,1-2H3,(H,27,29,31). The van der Waals surface area contributed by atoms with E-state index in [1.54, 1.807) is 23.6 Å². The number of thiazole rings is 1. The van der Waals surface area contributed by atoms with E-state index in [0.29, 0.717) is 25.1 Å². The zero-order valence-electron chi connectivity index (χ0n) is 19.1. The monoisotopic (exact) mass is 474 g/mol. The molecule has 7 nitrogen and oxygen atoms in total. The number of carbonyl (C=O) groups is 3. The second-order valence-corrected chi connectivity index (χ2v) is 10.3. The lowest BCUT2D eigenvalue weighted by atomic mass is 9.85. The van der Waals surface area contributed by atoms with Gasteiger partial charge in [-0.25, -0.2) is 9.97 Å². The molecule has 1 fully saturated rings. The highest BCUT2D eigenvalue weighted by Crippen LogP contribution is 2.37. The molecule has 0 spiro atoms. The Balaban J connectivity index is 1.34. The molecule has 1 saturated heterocycles. The van der Waals surface area contributed by atoms with Gasteiger partial charge in [-0.05, 0) is 49.4 Å². The van der Waals surface area contributed by atoms with Gasteiger partial charge in [-0.3, -0.25) is 19.3 Å². The van der Waals surface area contributed by atoms with Crippen molar-refractivity contribution in [3.8, 4) is 10.6 Å². The maximum absolute atomic E-state index is 13.3. The first kappa shape index (κ1) is 22.4. The van der Waals surface area contributed by atoms with E-state index in [0.717, 1.165) is 20.8 Å². The van der Waals surface area contributed by atoms with Crippen molar-refractivity contribution in [1.82, 2.24) is 14.9 Å². The summed E-state index contributed by atoms with van der Waals surface area (Å²) in [6.07, 6.45) is 7.08. The molecule has 1 N–H and O–H groups in total. The topological polar surface area (TPSA) is 92.3 Å². The van der Waals surface area contributed by atoms with Crippen molar-refractivity contribution < 1.29 is 14.4 Å². The molecule has 34 heavy (non-hydrogen) atoms. The number of allylic oxidation sites excluding steroid dienone is 2. The van der Waals surface area contributed by atoms with E-state index in [1.165, 1.54) is 4.90 Å². The number of imide groups is 1. The quantitative estimate of drug-likeness (QED) is 0.414. The van der Waals surface area contributed by atoms with Crippen molar-refractivity contribution in [2.45, 2.75) is 39.2 Å². The Bertz CT molecular complexity index is 1220. The lowest BCUT2D eigenvalue weighted by Gasteiger charge is -2.27. The summed E-state index contributed by atoms with van der Waals surface area (Å²) < 4.78 is 1.10. The first-order valence-electron chi connectivity index (χ1n) is 11.6. The van der Waals surface area contributed by atoms with Gasteiger partial charge in [-0.2, -0.15) is 0 Å². The molecule has 3 aromatic rings. The van der Waals surface area contributed by atoms with Crippen LogP contribution in [0.2, 0.25) is 0 Å². The molecular formula is C26H26N4O3S. The number of pyridine rings is 1. The fourth-order valence-electron chi connectivity index (χ4n) is 4.71. The van der Waals surface area contributed by atoms with Crippen LogP contribution in [0.4, 0.5) is 5.82 Å². The second kappa shape index (κ2) is 9.10. The summed E-state index contributed by atoms with van der Waals surface area (Å²) in [5.41, 5.74) is 1.80. The third kappa shape index (κ3) is 4.14. The molecule has 1 aliphatic carbocycles. The number of anilines is 1. The number of hydrogen-bond acceptors (Lipinski definition) is 6. The maximum Gasteiger partial charge on any atom is 0.248 e. The fraction of sp³-hybridized carbons (Fsp3) is 0.346. The third-order valence-electron chi connectivity index (χ3n) is 6.41. The smallest absolute Gasteiger partial charge is 0.248 e. The Labute approximate surface area is 201 Å². The average Bonchev–Trinajstić information content (AvgIpc) is 3.37. The van der Waals surface area contributed by atoms with Gasteiger partial charge in [0.1, 0.15) is 16.9 Å². The predicted molar refractivity (Wildman–Crippen MR) is 132 cm³/mol. The zero-order chi connectivity index (χ0) is 23.8. The Morgan fingerprint density at radius 2 is 1.79 bits per heavy atom. The van der Waals surface area contributed by atoms with Gasteiger partial charge in [-0.1, -0.05) is 38.1 Å². The van der Waals surface area contributed by atoms with Crippen LogP contribution < -0.4 is 5.32 Å². The van der Waals surface area contributed by atoms with Crippen molar-refractivity contribution in [3.63, 3.8) is 0 Å². The number of benzene rings is 1. The van der Waals surface area contributed by atoms with E-state index in [9.17, 15) is 14.4 Å². The SMILES string of the molecule is CC(C)CC(C(=O)Nc1ccc(-c2nc3ccccc3s2)cn1)N1C(=O)C2CC=CCC2C1=O. The van der Waals surface area contributed by atoms with E-state index in [4.69, 9.17) is 0 Å². The fourth-order valence-corrected chi connectivity index (χ4v) is 5.66. The number of likely N-dealkylation sites (tertiary alicyclic amines) is 1. The van der Waals surface area contributed by atoms with Gasteiger partial charge in [0.05, 0.1) is 22.1 Å². The highest BCUT2D eigenvalue weighted by atomic mass is 32.1. The predicted octanol–water partition coefficient (Wildman–Crippen LogP) is 4.66. The molecule has 0 saturated carbocycles. The van der Waals surface area contributed by atoms with Gasteiger partial charge in [0.2, 0.25) is 17.7 Å². The molecule has 3 heterocycles. The molecule has 8 heteroatoms. The molecule has 174 valence electrons. The minimum Gasteiger partial charge on any atom is -0.309 e. The van der Waals surface area contributed by atoms with Crippen LogP contribution in [0.5, 0.6) is 0 Å². The normalized spacial score (nSPS) is 20.7. The number of amides is 3. The Kier molecular flexibility index (Phi) is 6.00. The number of nitrogens with zero attached hydrogens (tertiary/aromatic N) is 3. The van der Waals surface area contributed by atoms with Gasteiger partial charge >= 0.3 is 0 Å². The molecular weight excluding hydrogens is 448 g/mol. The highest BCUT2D eigenvalue weighted by Gasteiger charge is 2.51. The Morgan fingerprint density at radius 3 is 2.41 bits per heavy atom. The summed E-state index contributed by atoms with van der Waals surface area (Å²) in [4.78, 5) is 49.7. The summed E-state index contributed by atoms with van der Waals surface area (Å²) in [6, 6.07) is 10.7. The molecule has 3 unspecified atom stereocenters. The van der Waals surface area contributed by atoms with Crippen LogP contribution in [-0.4, -0.2) is 38.6 Å². The van der Waals surface area contributed by atoms with Crippen LogP contribution in [0.15, 0.2) is 54.7 Å². The summed E-state index contributed by atoms with van der Waals surface area (Å²) in [5, 5.41) is 3.68. The van der Waals surface area contributed by atoms with Gasteiger partial charge in [-0.15, -0.1) is 11.3 Å². The second-order valence-electron chi connectivity index (χ2n) is 9.26. The van der Waals surface area contributed by atoms with E-state index in [-0.39, 0.29) is 35.5 Å². The van der Waals surface area contributed by atoms with Gasteiger partial charge < -0.3 is 5.32 Å². The van der Waals surface area contributed by atoms with E-state index >= 15 is 0 Å². The van der Waals surface area contributed by atoms with Crippen LogP contribution in [-0.2, 0) is 14.4 Å². The number of hydrogen-bond donors (Lipinski definition) is 1. The molecule has 5 rings (SSSR count). The van der Waals surface area contributed by atoms with Crippen LogP contribution in [0.1, 0.15) is 33.1 Å². The van der Waals surface area contributed by atoms with Gasteiger partial charge in [0, 0.05) is 11.8 Å². The van der Waals surface area contributed by atoms with Crippen LogP contribution >= 0.6 is 11.3 Å². The van der Waals surface area contributed by atoms with E-state index in [1.807, 2.05) is 56.3 Å². The molecule has 0 radical (unpaired) electrons. The zero-order valence-corrected chi connectivity index (χ0v) is 19.9. The first-order valence-corrected chi connectivity index (χ1v) is 12.4. The van der Waals surface area contributed by atoms with Crippen molar-refractivity contribution in [2.75, 3.05) is 5.32 Å². The Morgan fingerprint density at radius 1 is 1.09 bits per heavy atom. The minimum atomic E-state index is -0.851. The molecule has 1 aliphatic heterocycles. The average molecular weight is 475 g/mol. The number of para-hydroxylation sites is 1. The third-order valence-corrected chi connectivity index (χ3v) is 7.49. The number of rotatable bonds is 6. The molecule has 3 amide bonds. The molecule has 2 aliphatic rings. The van der Waals surface area contributed by atoms with Crippen molar-refractivity contribution in [1.29, 1.82) is 0 Å². The van der Waals surface area contributed by atoms with Crippen LogP contribution in [0, 0.1) is 17.8 Å². The summed E-state index contributed by atoms with van der Waals surface area (Å²) in [6.45, 7) is 3.95. The number of fused-ring (bicyclic) bond motifs is 2. The van der Waals surface area contributed by atoms with Crippen molar-refractivity contribution in [2.24, 2.45) is 17.8 Å². The van der Waals surface area contributed by atoms with Crippen LogP contribution in [0.3, 0.4) is 0 Å². The van der Waals surface area contributed by atoms with Crippen LogP contribution in [0.25, 0.3) is 20.8 Å². The minimum absolute atomic E-state index is 0.131. The summed E-state index contributed by atoms with van der Waals surface area (Å²) >= 11 is 1.58. The number of carbonyl (C=O) groups excluding carboxylic acids is 3. The van der Waals surface area contributed by atoms with Gasteiger partial charge in [0.15, 0.2) is 0 Å². The van der Waals surface area contributed by atoms with E-state index in [2.05, 4.69) is 15.3 Å². The lowest BCUT2D eigenvalue weighted by molar-refractivity contribution is -0.147. The van der Waals surface area contributed by atoms with Crippen molar-refractivity contribution >= 4 is 45.1 Å². The number of aromatic nitrogens is 2. The summed E-state index contributed by atoms with van der Waals surface area (Å²) in [5.74, 6) is -1.06. The molecule has 0 bridgehead atoms. The molecule has 3 atom stereocenters. The molecule has 1 aromatic carbocycles. The lowest BCUT2D eigenvalue weighted by Crippen LogP contribution is -2.48. The van der Waals surface area contributed by atoms with Crippen molar-refractivity contribution in [3.05, 3.63) is 54.7 Å². The molecule has 2 aromatic heterocycles. The van der Waals surface area contributed by atoms with E-state index < -0.39 is 6.04 Å². The number of nitrogens with one attached hydrogen (secondary N) is 1. The highest BCUT2D eigenvalue weighted by molar-refractivity contribution is 7.21. The largest absolute Gasteiger partial charge is 0.309 e. The Hall–Kier alpha value is -3.39. The first-order chi connectivity index (χ1) is 16.4. The maximum atomic E-state index is 13.3. The van der Waals surface area contributed by atoms with Gasteiger partial charge in [0.25, 0.3) is 0 Å². The summed E-state index contributed by atoms with van der Waals surface area (Å²) in [7, 11) is 0.